The van der Waals surface area contributed by atoms with Crippen molar-refractivity contribution in [3.8, 4) is 0 Å². The van der Waals surface area contributed by atoms with Gasteiger partial charge in [-0.15, -0.1) is 0 Å². The summed E-state index contributed by atoms with van der Waals surface area (Å²) in [5.74, 6) is 1.31. The molecule has 2 aromatic heterocycles. The van der Waals surface area contributed by atoms with Crippen molar-refractivity contribution in [3.63, 3.8) is 0 Å². The van der Waals surface area contributed by atoms with Crippen molar-refractivity contribution in [2.75, 3.05) is 11.9 Å². The Kier molecular flexibility index (Phi) is 2.81. The van der Waals surface area contributed by atoms with Gasteiger partial charge in [0.05, 0.1) is 5.54 Å². The predicted octanol–water partition coefficient (Wildman–Crippen LogP) is 2.46. The monoisotopic (exact) mass is 263 g/mol. The second-order valence-corrected chi connectivity index (χ2v) is 5.89. The van der Waals surface area contributed by atoms with Gasteiger partial charge in [-0.05, 0) is 18.9 Å². The van der Waals surface area contributed by atoms with Crippen molar-refractivity contribution in [1.29, 1.82) is 0 Å². The Hall–Kier alpha value is -1.43. The molecule has 1 saturated carbocycles. The minimum Gasteiger partial charge on any atom is -0.358 e. The van der Waals surface area contributed by atoms with Gasteiger partial charge in [0, 0.05) is 36.4 Å². The Balaban J connectivity index is 1.64. The van der Waals surface area contributed by atoms with E-state index < -0.39 is 0 Å². The van der Waals surface area contributed by atoms with E-state index in [1.54, 1.807) is 0 Å². The van der Waals surface area contributed by atoms with Crippen LogP contribution in [0.25, 0.3) is 0 Å². The summed E-state index contributed by atoms with van der Waals surface area (Å²) in [4.78, 5) is 4.49. The van der Waals surface area contributed by atoms with Crippen LogP contribution in [0.2, 0.25) is 0 Å². The fourth-order valence-electron chi connectivity index (χ4n) is 1.96. The van der Waals surface area contributed by atoms with E-state index in [-0.39, 0.29) is 5.54 Å². The second-order valence-electron chi connectivity index (χ2n) is 5.14. The summed E-state index contributed by atoms with van der Waals surface area (Å²) in [6, 6.07) is 1.97. The second kappa shape index (κ2) is 4.35. The van der Waals surface area contributed by atoms with E-state index in [2.05, 4.69) is 38.3 Å². The number of rotatable bonds is 5. The molecule has 0 radical (unpaired) electrons. The van der Waals surface area contributed by atoms with Crippen LogP contribution in [0.5, 0.6) is 0 Å². The first-order valence-electron chi connectivity index (χ1n) is 6.27. The van der Waals surface area contributed by atoms with Crippen molar-refractivity contribution >= 4 is 16.7 Å². The van der Waals surface area contributed by atoms with E-state index in [0.29, 0.717) is 5.92 Å². The third kappa shape index (κ3) is 2.12. The largest absolute Gasteiger partial charge is 0.358 e. The van der Waals surface area contributed by atoms with Gasteiger partial charge in [0.1, 0.15) is 5.82 Å². The molecule has 0 aromatic carbocycles. The molecule has 0 unspecified atom stereocenters. The average molecular weight is 263 g/mol. The smallest absolute Gasteiger partial charge is 0.202 e. The van der Waals surface area contributed by atoms with Gasteiger partial charge in [0.25, 0.3) is 0 Å². The Morgan fingerprint density at radius 1 is 1.50 bits per heavy atom. The summed E-state index contributed by atoms with van der Waals surface area (Å²) >= 11 is 1.44. The fraction of sp³-hybridized carbons (Fsp3) is 0.583. The van der Waals surface area contributed by atoms with Gasteiger partial charge in [0.2, 0.25) is 5.13 Å². The molecule has 1 aliphatic carbocycles. The van der Waals surface area contributed by atoms with Crippen LogP contribution in [0, 0.1) is 0 Å². The first-order valence-corrected chi connectivity index (χ1v) is 7.05. The van der Waals surface area contributed by atoms with Gasteiger partial charge < -0.3 is 5.32 Å². The van der Waals surface area contributed by atoms with Crippen molar-refractivity contribution in [2.24, 2.45) is 0 Å². The minimum atomic E-state index is 0.160. The molecule has 0 amide bonds. The Labute approximate surface area is 110 Å². The van der Waals surface area contributed by atoms with E-state index in [9.17, 15) is 0 Å². The van der Waals surface area contributed by atoms with Crippen LogP contribution in [0.3, 0.4) is 0 Å². The summed E-state index contributed by atoms with van der Waals surface area (Å²) < 4.78 is 6.41. The number of hydrogen-bond acceptors (Lipinski definition) is 5. The molecule has 2 heterocycles. The molecule has 6 heteroatoms. The zero-order valence-electron chi connectivity index (χ0n) is 10.6. The molecule has 96 valence electrons. The van der Waals surface area contributed by atoms with Gasteiger partial charge in [-0.2, -0.15) is 9.47 Å². The molecular weight excluding hydrogens is 246 g/mol. The SMILES string of the molecule is CC(C)c1nsc(NCC2(n3cccn3)CC2)n1. The molecule has 1 N–H and O–H groups in total. The number of anilines is 1. The lowest BCUT2D eigenvalue weighted by Gasteiger charge is -2.15. The van der Waals surface area contributed by atoms with Crippen LogP contribution < -0.4 is 5.32 Å². The van der Waals surface area contributed by atoms with E-state index in [4.69, 9.17) is 0 Å². The Morgan fingerprint density at radius 3 is 2.89 bits per heavy atom. The van der Waals surface area contributed by atoms with Crippen molar-refractivity contribution < 1.29 is 0 Å². The lowest BCUT2D eigenvalue weighted by Crippen LogP contribution is -2.26. The highest BCUT2D eigenvalue weighted by Crippen LogP contribution is 2.42. The summed E-state index contributed by atoms with van der Waals surface area (Å²) in [6.45, 7) is 5.09. The van der Waals surface area contributed by atoms with Gasteiger partial charge >= 0.3 is 0 Å². The van der Waals surface area contributed by atoms with Crippen molar-refractivity contribution in [1.82, 2.24) is 19.1 Å². The van der Waals surface area contributed by atoms with Crippen molar-refractivity contribution in [3.05, 3.63) is 24.3 Å². The average Bonchev–Trinajstić information content (AvgIpc) is 2.86. The first kappa shape index (κ1) is 11.6. The zero-order valence-corrected chi connectivity index (χ0v) is 11.4. The van der Waals surface area contributed by atoms with Gasteiger partial charge in [-0.25, -0.2) is 4.98 Å². The number of nitrogens with zero attached hydrogens (tertiary/aromatic N) is 4. The molecule has 3 rings (SSSR count). The standard InChI is InChI=1S/C12H17N5S/c1-9(2)10-15-11(18-16-10)13-8-12(4-5-12)17-7-3-6-14-17/h3,6-7,9H,4-5,8H2,1-2H3,(H,13,15,16). The van der Waals surface area contributed by atoms with Crippen LogP contribution in [-0.4, -0.2) is 25.7 Å². The molecule has 5 nitrogen and oxygen atoms in total. The summed E-state index contributed by atoms with van der Waals surface area (Å²) in [7, 11) is 0. The molecule has 18 heavy (non-hydrogen) atoms. The first-order chi connectivity index (χ1) is 8.70. The molecule has 1 fully saturated rings. The minimum absolute atomic E-state index is 0.160. The van der Waals surface area contributed by atoms with E-state index in [0.717, 1.165) is 17.5 Å². The number of nitrogens with one attached hydrogen (secondary N) is 1. The third-order valence-electron chi connectivity index (χ3n) is 3.34. The highest BCUT2D eigenvalue weighted by atomic mass is 32.1. The molecular formula is C12H17N5S. The predicted molar refractivity (Wildman–Crippen MR) is 71.9 cm³/mol. The zero-order chi connectivity index (χ0) is 12.6. The topological polar surface area (TPSA) is 55.6 Å². The van der Waals surface area contributed by atoms with Gasteiger partial charge in [0.15, 0.2) is 0 Å². The Bertz CT molecular complexity index is 512. The maximum absolute atomic E-state index is 4.49. The van der Waals surface area contributed by atoms with Crippen molar-refractivity contribution in [2.45, 2.75) is 38.1 Å². The highest BCUT2D eigenvalue weighted by Gasteiger charge is 2.45. The normalized spacial score (nSPS) is 17.1. The summed E-state index contributed by atoms with van der Waals surface area (Å²) in [5.41, 5.74) is 0.160. The van der Waals surface area contributed by atoms with Crippen LogP contribution >= 0.6 is 11.5 Å². The van der Waals surface area contributed by atoms with Crippen LogP contribution in [0.4, 0.5) is 5.13 Å². The lowest BCUT2D eigenvalue weighted by atomic mass is 10.2. The molecule has 1 aliphatic rings. The molecule has 2 aromatic rings. The fourth-order valence-corrected chi connectivity index (χ4v) is 2.66. The molecule has 0 spiro atoms. The van der Waals surface area contributed by atoms with E-state index in [1.807, 2.05) is 18.5 Å². The molecule has 0 atom stereocenters. The number of aromatic nitrogens is 4. The third-order valence-corrected chi connectivity index (χ3v) is 4.03. The lowest BCUT2D eigenvalue weighted by molar-refractivity contribution is 0.453. The van der Waals surface area contributed by atoms with E-state index in [1.165, 1.54) is 24.4 Å². The number of hydrogen-bond donors (Lipinski definition) is 1. The quantitative estimate of drug-likeness (QED) is 0.900. The van der Waals surface area contributed by atoms with Crippen LogP contribution in [0.1, 0.15) is 38.4 Å². The van der Waals surface area contributed by atoms with Gasteiger partial charge in [-0.1, -0.05) is 13.8 Å². The summed E-state index contributed by atoms with van der Waals surface area (Å²) in [6.07, 6.45) is 6.23. The molecule has 0 saturated heterocycles. The summed E-state index contributed by atoms with van der Waals surface area (Å²) in [5, 5.41) is 8.65. The van der Waals surface area contributed by atoms with Crippen LogP contribution in [0.15, 0.2) is 18.5 Å². The van der Waals surface area contributed by atoms with Crippen LogP contribution in [-0.2, 0) is 5.54 Å². The molecule has 0 aliphatic heterocycles. The van der Waals surface area contributed by atoms with E-state index >= 15 is 0 Å². The van der Waals surface area contributed by atoms with Gasteiger partial charge in [-0.3, -0.25) is 4.68 Å². The Morgan fingerprint density at radius 2 is 2.33 bits per heavy atom. The maximum atomic E-state index is 4.49. The maximum Gasteiger partial charge on any atom is 0.202 e. The molecule has 0 bridgehead atoms. The highest BCUT2D eigenvalue weighted by molar-refractivity contribution is 7.09.